The predicted octanol–water partition coefficient (Wildman–Crippen LogP) is 1.21. The zero-order valence-corrected chi connectivity index (χ0v) is 13.1. The van der Waals surface area contributed by atoms with E-state index in [2.05, 4.69) is 0 Å². The van der Waals surface area contributed by atoms with Gasteiger partial charge in [-0.15, -0.1) is 0 Å². The summed E-state index contributed by atoms with van der Waals surface area (Å²) in [6.45, 7) is 4.62. The summed E-state index contributed by atoms with van der Waals surface area (Å²) in [6.07, 6.45) is 5.50. The van der Waals surface area contributed by atoms with E-state index in [4.69, 9.17) is 14.2 Å². The topological polar surface area (TPSA) is 53.6 Å². The molecule has 0 fully saturated rings. The van der Waals surface area contributed by atoms with Crippen LogP contribution in [0.3, 0.4) is 0 Å². The van der Waals surface area contributed by atoms with Crippen molar-refractivity contribution in [2.75, 3.05) is 33.0 Å². The van der Waals surface area contributed by atoms with Crippen molar-refractivity contribution in [3.05, 3.63) is 18.7 Å². The average molecular weight is 344 g/mol. The Morgan fingerprint density at radius 2 is 1.70 bits per heavy atom. The van der Waals surface area contributed by atoms with Crippen molar-refractivity contribution in [1.29, 1.82) is 0 Å². The molecule has 1 heterocycles. The molecule has 0 atom stereocenters. The molecule has 0 radical (unpaired) electrons. The molecule has 0 unspecified atom stereocenters. The van der Waals surface area contributed by atoms with Gasteiger partial charge >= 0.3 is 13.2 Å². The summed E-state index contributed by atoms with van der Waals surface area (Å²) in [5, 5.41) is 0. The number of carbonyl (C=O) groups excluding carboxylic acids is 1. The lowest BCUT2D eigenvalue weighted by Crippen LogP contribution is -2.24. The van der Waals surface area contributed by atoms with Gasteiger partial charge in [-0.25, -0.2) is 13.9 Å². The fourth-order valence-electron chi connectivity index (χ4n) is 1.37. The van der Waals surface area contributed by atoms with Crippen molar-refractivity contribution in [3.63, 3.8) is 0 Å². The lowest BCUT2D eigenvalue weighted by atomic mass is 10.3. The number of hydrogen-bond acceptors (Lipinski definition) is 4. The van der Waals surface area contributed by atoms with Crippen LogP contribution in [0.1, 0.15) is 6.92 Å². The fraction of sp³-hybridized carbons (Fsp3) is 0.667. The largest absolute Gasteiger partial charge is 0.673 e. The number of hydrogen-bond donors (Lipinski definition) is 0. The van der Waals surface area contributed by atoms with Crippen LogP contribution in [0.5, 0.6) is 0 Å². The summed E-state index contributed by atoms with van der Waals surface area (Å²) in [5.41, 5.74) is 0. The second kappa shape index (κ2) is 11.9. The molecule has 0 saturated carbocycles. The second-order valence-electron chi connectivity index (χ2n) is 4.28. The van der Waals surface area contributed by atoms with Gasteiger partial charge in [0, 0.05) is 6.61 Å². The van der Waals surface area contributed by atoms with Gasteiger partial charge in [-0.2, -0.15) is 0 Å². The molecule has 0 amide bonds. The summed E-state index contributed by atoms with van der Waals surface area (Å²) >= 11 is 0. The summed E-state index contributed by atoms with van der Waals surface area (Å²) < 4.78 is 58.0. The molecule has 23 heavy (non-hydrogen) atoms. The van der Waals surface area contributed by atoms with Crippen molar-refractivity contribution >= 4 is 13.2 Å². The van der Waals surface area contributed by atoms with E-state index in [-0.39, 0.29) is 19.1 Å². The minimum atomic E-state index is -6.00. The maximum absolute atomic E-state index is 11.4. The Hall–Kier alpha value is -1.62. The smallest absolute Gasteiger partial charge is 0.460 e. The van der Waals surface area contributed by atoms with Crippen molar-refractivity contribution < 1.29 is 40.8 Å². The predicted molar refractivity (Wildman–Crippen MR) is 74.1 cm³/mol. The molecular formula is C12H21BF4N2O4. The van der Waals surface area contributed by atoms with Gasteiger partial charge in [0.1, 0.15) is 19.0 Å². The number of aromatic nitrogens is 2. The van der Waals surface area contributed by atoms with Crippen molar-refractivity contribution in [3.8, 4) is 0 Å². The first-order valence-corrected chi connectivity index (χ1v) is 6.91. The van der Waals surface area contributed by atoms with Crippen LogP contribution in [0.4, 0.5) is 17.3 Å². The van der Waals surface area contributed by atoms with E-state index in [0.717, 1.165) is 0 Å². The van der Waals surface area contributed by atoms with Crippen LogP contribution in [-0.2, 0) is 32.6 Å². The second-order valence-corrected chi connectivity index (χ2v) is 4.28. The highest BCUT2D eigenvalue weighted by atomic mass is 19.5. The molecule has 0 N–H and O–H groups in total. The van der Waals surface area contributed by atoms with Crippen molar-refractivity contribution in [1.82, 2.24) is 4.57 Å². The first-order chi connectivity index (χ1) is 10.7. The number of esters is 1. The van der Waals surface area contributed by atoms with E-state index >= 15 is 0 Å². The molecule has 0 spiro atoms. The van der Waals surface area contributed by atoms with Crippen LogP contribution in [0, 0.1) is 0 Å². The normalized spacial score (nSPS) is 10.9. The zero-order valence-electron chi connectivity index (χ0n) is 13.1. The molecule has 1 rings (SSSR count). The molecule has 0 saturated heterocycles. The van der Waals surface area contributed by atoms with Gasteiger partial charge in [0.25, 0.3) is 0 Å². The third kappa shape index (κ3) is 16.6. The number of imidazole rings is 1. The summed E-state index contributed by atoms with van der Waals surface area (Å²) in [7, 11) is -4.10. The highest BCUT2D eigenvalue weighted by molar-refractivity contribution is 6.50. The van der Waals surface area contributed by atoms with E-state index in [1.807, 2.05) is 37.3 Å². The monoisotopic (exact) mass is 344 g/mol. The standard InChI is InChI=1S/C12H21N2O4.BF4/c1-3-16-6-7-17-8-9-18-12(15)10-14-5-4-13(2)11-14;2-1(3,4)5/h4-5,11H,3,6-10H2,1-2H3;/q+1;-1. The minimum absolute atomic E-state index is 0.222. The van der Waals surface area contributed by atoms with Crippen molar-refractivity contribution in [2.24, 2.45) is 7.05 Å². The van der Waals surface area contributed by atoms with Gasteiger partial charge in [-0.3, -0.25) is 0 Å². The van der Waals surface area contributed by atoms with Crippen LogP contribution in [0.15, 0.2) is 18.7 Å². The van der Waals surface area contributed by atoms with Crippen LogP contribution in [-0.4, -0.2) is 50.8 Å². The molecular weight excluding hydrogens is 323 g/mol. The first kappa shape index (κ1) is 21.4. The molecule has 0 aliphatic rings. The summed E-state index contributed by atoms with van der Waals surface area (Å²) in [6, 6.07) is 0. The van der Waals surface area contributed by atoms with Gasteiger partial charge < -0.3 is 31.5 Å². The Morgan fingerprint density at radius 1 is 1.13 bits per heavy atom. The zero-order chi connectivity index (χ0) is 17.7. The number of ether oxygens (including phenoxy) is 3. The molecule has 1 aromatic rings. The minimum Gasteiger partial charge on any atom is -0.460 e. The molecule has 6 nitrogen and oxygen atoms in total. The number of halogens is 4. The molecule has 0 bridgehead atoms. The Kier molecular flexibility index (Phi) is 11.1. The first-order valence-electron chi connectivity index (χ1n) is 6.91. The maximum Gasteiger partial charge on any atom is 0.673 e. The number of aryl methyl sites for hydroxylation is 1. The van der Waals surface area contributed by atoms with Crippen LogP contribution in [0.2, 0.25) is 0 Å². The lowest BCUT2D eigenvalue weighted by Gasteiger charge is -2.05. The maximum atomic E-state index is 11.4. The van der Waals surface area contributed by atoms with Crippen molar-refractivity contribution in [2.45, 2.75) is 13.5 Å². The van der Waals surface area contributed by atoms with Crippen LogP contribution < -0.4 is 4.57 Å². The Bertz CT molecular complexity index is 437. The SMILES string of the molecule is CCOCCOCCOC(=O)Cn1cc[n+](C)c1.F[B-](F)(F)F. The number of nitrogens with zero attached hydrogens (tertiary/aromatic N) is 2. The number of carbonyl (C=O) groups is 1. The van der Waals surface area contributed by atoms with Crippen LogP contribution in [0.25, 0.3) is 0 Å². The fourth-order valence-corrected chi connectivity index (χ4v) is 1.37. The van der Waals surface area contributed by atoms with Gasteiger partial charge in [0.15, 0.2) is 6.54 Å². The Labute approximate surface area is 132 Å². The van der Waals surface area contributed by atoms with Gasteiger partial charge in [0.05, 0.1) is 26.9 Å². The molecule has 1 aromatic heterocycles. The lowest BCUT2D eigenvalue weighted by molar-refractivity contribution is -0.671. The quantitative estimate of drug-likeness (QED) is 0.222. The van der Waals surface area contributed by atoms with Crippen LogP contribution >= 0.6 is 0 Å². The third-order valence-corrected chi connectivity index (χ3v) is 2.20. The molecule has 0 aromatic carbocycles. The molecule has 134 valence electrons. The Morgan fingerprint density at radius 3 is 2.22 bits per heavy atom. The number of rotatable bonds is 9. The third-order valence-electron chi connectivity index (χ3n) is 2.20. The Balaban J connectivity index is 0.000000841. The highest BCUT2D eigenvalue weighted by Crippen LogP contribution is 2.06. The van der Waals surface area contributed by atoms with Gasteiger partial charge in [0.2, 0.25) is 6.33 Å². The van der Waals surface area contributed by atoms with E-state index < -0.39 is 7.25 Å². The van der Waals surface area contributed by atoms with E-state index in [1.165, 1.54) is 0 Å². The molecule has 0 aliphatic carbocycles. The van der Waals surface area contributed by atoms with Gasteiger partial charge in [-0.1, -0.05) is 0 Å². The summed E-state index contributed by atoms with van der Waals surface area (Å²) in [5.74, 6) is -0.264. The molecule has 0 aliphatic heterocycles. The van der Waals surface area contributed by atoms with Gasteiger partial charge in [-0.05, 0) is 6.92 Å². The van der Waals surface area contributed by atoms with E-state index in [0.29, 0.717) is 26.4 Å². The molecule has 11 heteroatoms. The summed E-state index contributed by atoms with van der Waals surface area (Å²) in [4.78, 5) is 11.4. The average Bonchev–Trinajstić information content (AvgIpc) is 2.81. The van der Waals surface area contributed by atoms with E-state index in [1.54, 1.807) is 4.57 Å². The highest BCUT2D eigenvalue weighted by Gasteiger charge is 2.20. The van der Waals surface area contributed by atoms with E-state index in [9.17, 15) is 22.1 Å².